The molecule has 0 saturated carbocycles. The molecule has 1 saturated heterocycles. The van der Waals surface area contributed by atoms with Crippen molar-refractivity contribution in [2.75, 3.05) is 43.0 Å². The van der Waals surface area contributed by atoms with Gasteiger partial charge in [0.25, 0.3) is 11.6 Å². The van der Waals surface area contributed by atoms with E-state index in [4.69, 9.17) is 0 Å². The van der Waals surface area contributed by atoms with Crippen LogP contribution in [0.5, 0.6) is 0 Å². The van der Waals surface area contributed by atoms with E-state index in [1.165, 1.54) is 24.3 Å². The molecule has 0 atom stereocenters. The summed E-state index contributed by atoms with van der Waals surface area (Å²) in [5.74, 6) is -0.178. The Kier molecular flexibility index (Phi) is 5.58. The first-order chi connectivity index (χ1) is 13.4. The topological polar surface area (TPSA) is 87.0 Å². The van der Waals surface area contributed by atoms with Crippen LogP contribution in [0.1, 0.15) is 17.3 Å². The molecule has 3 rings (SSSR count). The Morgan fingerprint density at radius 1 is 1.00 bits per heavy atom. The fraction of sp³-hybridized carbons (Fsp3) is 0.300. The smallest absolute Gasteiger partial charge is 0.269 e. The molecule has 1 fully saturated rings. The van der Waals surface area contributed by atoms with Crippen LogP contribution < -0.4 is 9.80 Å². The fourth-order valence-electron chi connectivity index (χ4n) is 3.31. The van der Waals surface area contributed by atoms with Gasteiger partial charge in [-0.1, -0.05) is 12.1 Å². The lowest BCUT2D eigenvalue weighted by molar-refractivity contribution is -0.384. The van der Waals surface area contributed by atoms with Crippen molar-refractivity contribution in [2.45, 2.75) is 6.92 Å². The van der Waals surface area contributed by atoms with E-state index in [-0.39, 0.29) is 17.5 Å². The minimum absolute atomic E-state index is 0.0528. The highest BCUT2D eigenvalue weighted by atomic mass is 16.6. The number of hydrogen-bond acceptors (Lipinski definition) is 5. The van der Waals surface area contributed by atoms with Gasteiger partial charge in [0.05, 0.1) is 16.3 Å². The van der Waals surface area contributed by atoms with Crippen LogP contribution in [0.2, 0.25) is 0 Å². The molecule has 0 radical (unpaired) electrons. The average Bonchev–Trinajstić information content (AvgIpc) is 2.72. The van der Waals surface area contributed by atoms with Crippen LogP contribution in [0.15, 0.2) is 48.5 Å². The quantitative estimate of drug-likeness (QED) is 0.599. The number of hydrogen-bond donors (Lipinski definition) is 0. The maximum Gasteiger partial charge on any atom is 0.269 e. The zero-order chi connectivity index (χ0) is 20.3. The van der Waals surface area contributed by atoms with Gasteiger partial charge in [-0.25, -0.2) is 0 Å². The largest absolute Gasteiger partial charge is 0.366 e. The predicted molar refractivity (Wildman–Crippen MR) is 107 cm³/mol. The summed E-state index contributed by atoms with van der Waals surface area (Å²) in [7, 11) is 1.69. The first-order valence-corrected chi connectivity index (χ1v) is 9.00. The molecule has 146 valence electrons. The minimum Gasteiger partial charge on any atom is -0.366 e. The summed E-state index contributed by atoms with van der Waals surface area (Å²) < 4.78 is 0. The van der Waals surface area contributed by atoms with Gasteiger partial charge in [-0.3, -0.25) is 19.7 Å². The standard InChI is InChI=1S/C20H22N4O4/c1-15(25)22-11-13-23(14-12-22)19-6-4-3-5-18(19)21(2)20(26)16-7-9-17(10-8-16)24(27)28/h3-10H,11-14H2,1-2H3. The molecule has 1 aliphatic heterocycles. The number of nitrogens with zero attached hydrogens (tertiary/aromatic N) is 4. The first-order valence-electron chi connectivity index (χ1n) is 9.00. The molecule has 1 aliphatic rings. The molecule has 0 aromatic heterocycles. The normalized spacial score (nSPS) is 13.9. The molecule has 28 heavy (non-hydrogen) atoms. The van der Waals surface area contributed by atoms with E-state index in [0.717, 1.165) is 11.4 Å². The lowest BCUT2D eigenvalue weighted by Gasteiger charge is -2.37. The molecule has 0 bridgehead atoms. The maximum atomic E-state index is 12.9. The zero-order valence-corrected chi connectivity index (χ0v) is 15.9. The maximum absolute atomic E-state index is 12.9. The van der Waals surface area contributed by atoms with Crippen LogP contribution in [-0.2, 0) is 4.79 Å². The second-order valence-electron chi connectivity index (χ2n) is 6.65. The van der Waals surface area contributed by atoms with Crippen molar-refractivity contribution in [1.82, 2.24) is 4.90 Å². The van der Waals surface area contributed by atoms with Crippen LogP contribution in [0.4, 0.5) is 17.1 Å². The summed E-state index contributed by atoms with van der Waals surface area (Å²) in [6.07, 6.45) is 0. The third-order valence-electron chi connectivity index (χ3n) is 4.94. The number of anilines is 2. The summed E-state index contributed by atoms with van der Waals surface area (Å²) in [6.45, 7) is 4.24. The van der Waals surface area contributed by atoms with Crippen LogP contribution >= 0.6 is 0 Å². The van der Waals surface area contributed by atoms with Crippen LogP contribution in [0.3, 0.4) is 0 Å². The summed E-state index contributed by atoms with van der Waals surface area (Å²) in [5, 5.41) is 10.8. The van der Waals surface area contributed by atoms with Gasteiger partial charge in [0.1, 0.15) is 0 Å². The van der Waals surface area contributed by atoms with E-state index >= 15 is 0 Å². The van der Waals surface area contributed by atoms with Crippen LogP contribution in [0, 0.1) is 10.1 Å². The van der Waals surface area contributed by atoms with Gasteiger partial charge in [-0.05, 0) is 24.3 Å². The molecule has 0 unspecified atom stereocenters. The van der Waals surface area contributed by atoms with E-state index < -0.39 is 4.92 Å². The van der Waals surface area contributed by atoms with Gasteiger partial charge in [0.15, 0.2) is 0 Å². The van der Waals surface area contributed by atoms with E-state index in [9.17, 15) is 19.7 Å². The number of carbonyl (C=O) groups excluding carboxylic acids is 2. The SMILES string of the molecule is CC(=O)N1CCN(c2ccccc2N(C)C(=O)c2ccc([N+](=O)[O-])cc2)CC1. The van der Waals surface area contributed by atoms with E-state index in [1.807, 2.05) is 29.2 Å². The van der Waals surface area contributed by atoms with Gasteiger partial charge in [0, 0.05) is 57.8 Å². The van der Waals surface area contributed by atoms with Crippen molar-refractivity contribution in [3.63, 3.8) is 0 Å². The lowest BCUT2D eigenvalue weighted by atomic mass is 10.1. The summed E-state index contributed by atoms with van der Waals surface area (Å²) in [4.78, 5) is 40.3. The third kappa shape index (κ3) is 3.95. The van der Waals surface area contributed by atoms with Crippen LogP contribution in [0.25, 0.3) is 0 Å². The average molecular weight is 382 g/mol. The van der Waals surface area contributed by atoms with Gasteiger partial charge < -0.3 is 14.7 Å². The van der Waals surface area contributed by atoms with Crippen molar-refractivity contribution in [1.29, 1.82) is 0 Å². The Labute approximate surface area is 163 Å². The highest BCUT2D eigenvalue weighted by molar-refractivity contribution is 6.07. The minimum atomic E-state index is -0.492. The van der Waals surface area contributed by atoms with Gasteiger partial charge in [-0.15, -0.1) is 0 Å². The van der Waals surface area contributed by atoms with Crippen molar-refractivity contribution >= 4 is 28.9 Å². The van der Waals surface area contributed by atoms with Crippen LogP contribution in [-0.4, -0.2) is 54.9 Å². The highest BCUT2D eigenvalue weighted by Gasteiger charge is 2.23. The number of non-ortho nitro benzene ring substituents is 1. The van der Waals surface area contributed by atoms with E-state index in [1.54, 1.807) is 18.9 Å². The number of nitro benzene ring substituents is 1. The van der Waals surface area contributed by atoms with Gasteiger partial charge >= 0.3 is 0 Å². The fourth-order valence-corrected chi connectivity index (χ4v) is 3.31. The molecule has 2 amide bonds. The molecule has 0 aliphatic carbocycles. The van der Waals surface area contributed by atoms with E-state index in [2.05, 4.69) is 4.90 Å². The van der Waals surface area contributed by atoms with Gasteiger partial charge in [0.2, 0.25) is 5.91 Å². The van der Waals surface area contributed by atoms with Crippen molar-refractivity contribution in [3.8, 4) is 0 Å². The highest BCUT2D eigenvalue weighted by Crippen LogP contribution is 2.30. The predicted octanol–water partition coefficient (Wildman–Crippen LogP) is 2.54. The van der Waals surface area contributed by atoms with Crippen molar-refractivity contribution < 1.29 is 14.5 Å². The van der Waals surface area contributed by atoms with E-state index in [0.29, 0.717) is 31.7 Å². The molecular weight excluding hydrogens is 360 g/mol. The Bertz CT molecular complexity index is 889. The second-order valence-corrected chi connectivity index (χ2v) is 6.65. The molecule has 0 N–H and O–H groups in total. The molecular formula is C20H22N4O4. The van der Waals surface area contributed by atoms with Gasteiger partial charge in [-0.2, -0.15) is 0 Å². The number of amides is 2. The molecule has 2 aromatic rings. The lowest BCUT2D eigenvalue weighted by Crippen LogP contribution is -2.48. The number of piperazine rings is 1. The molecule has 0 spiro atoms. The molecule has 1 heterocycles. The summed E-state index contributed by atoms with van der Waals surface area (Å²) >= 11 is 0. The van der Waals surface area contributed by atoms with Crippen molar-refractivity contribution in [3.05, 3.63) is 64.2 Å². The Morgan fingerprint density at radius 3 is 2.18 bits per heavy atom. The molecule has 2 aromatic carbocycles. The summed E-state index contributed by atoms with van der Waals surface area (Å²) in [6, 6.07) is 13.2. The Morgan fingerprint density at radius 2 is 1.61 bits per heavy atom. The third-order valence-corrected chi connectivity index (χ3v) is 4.94. The number of rotatable bonds is 4. The molecule has 8 nitrogen and oxygen atoms in total. The first kappa shape index (κ1) is 19.3. The second kappa shape index (κ2) is 8.08. The number of nitro groups is 1. The number of benzene rings is 2. The number of para-hydroxylation sites is 2. The zero-order valence-electron chi connectivity index (χ0n) is 15.9. The van der Waals surface area contributed by atoms with Crippen molar-refractivity contribution in [2.24, 2.45) is 0 Å². The number of carbonyl (C=O) groups is 2. The summed E-state index contributed by atoms with van der Waals surface area (Å²) in [5.41, 5.74) is 2.00. The Balaban J connectivity index is 1.81. The molecule has 8 heteroatoms. The monoisotopic (exact) mass is 382 g/mol. The Hall–Kier alpha value is -3.42.